The Bertz CT molecular complexity index is 442. The quantitative estimate of drug-likeness (QED) is 0.859. The number of hydrogen-bond acceptors (Lipinski definition) is 4. The fraction of sp³-hybridized carbons (Fsp3) is 0.571. The van der Waals surface area contributed by atoms with Crippen LogP contribution in [0.1, 0.15) is 41.7 Å². The second-order valence-corrected chi connectivity index (χ2v) is 5.08. The van der Waals surface area contributed by atoms with Crippen LogP contribution >= 0.6 is 0 Å². The lowest BCUT2D eigenvalue weighted by molar-refractivity contribution is 0.0724. The Labute approximate surface area is 113 Å². The Morgan fingerprint density at radius 2 is 2.37 bits per heavy atom. The van der Waals surface area contributed by atoms with Gasteiger partial charge in [-0.25, -0.2) is 4.98 Å². The molecule has 0 bridgehead atoms. The summed E-state index contributed by atoms with van der Waals surface area (Å²) in [7, 11) is 0. The van der Waals surface area contributed by atoms with Gasteiger partial charge < -0.3 is 15.7 Å². The molecule has 19 heavy (non-hydrogen) atoms. The van der Waals surface area contributed by atoms with Gasteiger partial charge in [0.1, 0.15) is 5.82 Å². The first-order chi connectivity index (χ1) is 9.11. The maximum absolute atomic E-state index is 12.5. The molecule has 2 rings (SSSR count). The van der Waals surface area contributed by atoms with Gasteiger partial charge in [-0.05, 0) is 44.7 Å². The first-order valence-corrected chi connectivity index (χ1v) is 6.78. The molecule has 3 N–H and O–H groups in total. The highest BCUT2D eigenvalue weighted by molar-refractivity contribution is 5.95. The zero-order chi connectivity index (χ0) is 13.8. The standard InChI is InChI=1S/C14H21N3O2/c1-10-8-11(9-13(15)16-10)14(19)17-6-2-4-12(17)5-3-7-18/h8-9,12,18H,2-7H2,1H3,(H2,15,16). The van der Waals surface area contributed by atoms with E-state index in [-0.39, 0.29) is 18.6 Å². The summed E-state index contributed by atoms with van der Waals surface area (Å²) in [5.41, 5.74) is 7.07. The van der Waals surface area contributed by atoms with Crippen molar-refractivity contribution in [3.8, 4) is 0 Å². The third-order valence-corrected chi connectivity index (χ3v) is 3.55. The van der Waals surface area contributed by atoms with Crippen molar-refractivity contribution in [2.24, 2.45) is 0 Å². The maximum atomic E-state index is 12.5. The highest BCUT2D eigenvalue weighted by Crippen LogP contribution is 2.24. The Hall–Kier alpha value is -1.62. The number of amides is 1. The first-order valence-electron chi connectivity index (χ1n) is 6.78. The predicted molar refractivity (Wildman–Crippen MR) is 73.8 cm³/mol. The van der Waals surface area contributed by atoms with Crippen molar-refractivity contribution in [1.82, 2.24) is 9.88 Å². The molecule has 5 nitrogen and oxygen atoms in total. The molecule has 1 unspecified atom stereocenters. The van der Waals surface area contributed by atoms with Crippen LogP contribution in [-0.4, -0.2) is 40.1 Å². The number of carbonyl (C=O) groups is 1. The van der Waals surface area contributed by atoms with Gasteiger partial charge in [0, 0.05) is 30.5 Å². The van der Waals surface area contributed by atoms with Crippen LogP contribution in [0, 0.1) is 6.92 Å². The van der Waals surface area contributed by atoms with Gasteiger partial charge in [-0.1, -0.05) is 0 Å². The summed E-state index contributed by atoms with van der Waals surface area (Å²) < 4.78 is 0. The van der Waals surface area contributed by atoms with E-state index in [9.17, 15) is 4.79 Å². The van der Waals surface area contributed by atoms with E-state index in [0.717, 1.165) is 37.9 Å². The van der Waals surface area contributed by atoms with E-state index < -0.39 is 0 Å². The van der Waals surface area contributed by atoms with Crippen LogP contribution < -0.4 is 5.73 Å². The van der Waals surface area contributed by atoms with E-state index in [2.05, 4.69) is 4.98 Å². The summed E-state index contributed by atoms with van der Waals surface area (Å²) in [6.45, 7) is 2.80. The van der Waals surface area contributed by atoms with Gasteiger partial charge in [-0.15, -0.1) is 0 Å². The summed E-state index contributed by atoms with van der Waals surface area (Å²) >= 11 is 0. The first kappa shape index (κ1) is 13.8. The number of nitrogens with two attached hydrogens (primary N) is 1. The average molecular weight is 263 g/mol. The van der Waals surface area contributed by atoms with Crippen molar-refractivity contribution >= 4 is 11.7 Å². The fourth-order valence-corrected chi connectivity index (χ4v) is 2.71. The molecule has 104 valence electrons. The zero-order valence-electron chi connectivity index (χ0n) is 11.3. The fourth-order valence-electron chi connectivity index (χ4n) is 2.71. The number of aryl methyl sites for hydroxylation is 1. The molecule has 1 atom stereocenters. The number of hydrogen-bond donors (Lipinski definition) is 2. The highest BCUT2D eigenvalue weighted by atomic mass is 16.3. The molecule has 0 radical (unpaired) electrons. The summed E-state index contributed by atoms with van der Waals surface area (Å²) in [5, 5.41) is 8.91. The molecular formula is C14H21N3O2. The van der Waals surface area contributed by atoms with Gasteiger partial charge in [-0.2, -0.15) is 0 Å². The average Bonchev–Trinajstić information content (AvgIpc) is 2.82. The van der Waals surface area contributed by atoms with Crippen molar-refractivity contribution in [3.05, 3.63) is 23.4 Å². The minimum Gasteiger partial charge on any atom is -0.396 e. The zero-order valence-corrected chi connectivity index (χ0v) is 11.3. The topological polar surface area (TPSA) is 79.5 Å². The van der Waals surface area contributed by atoms with Crippen LogP contribution in [0.3, 0.4) is 0 Å². The van der Waals surface area contributed by atoms with E-state index in [4.69, 9.17) is 10.8 Å². The lowest BCUT2D eigenvalue weighted by Crippen LogP contribution is -2.35. The molecule has 1 aromatic heterocycles. The Morgan fingerprint density at radius 3 is 3.05 bits per heavy atom. The van der Waals surface area contributed by atoms with Crippen molar-refractivity contribution < 1.29 is 9.90 Å². The summed E-state index contributed by atoms with van der Waals surface area (Å²) in [6, 6.07) is 3.66. The summed E-state index contributed by atoms with van der Waals surface area (Å²) in [4.78, 5) is 18.5. The van der Waals surface area contributed by atoms with Crippen molar-refractivity contribution in [3.63, 3.8) is 0 Å². The second kappa shape index (κ2) is 6.02. The molecule has 5 heteroatoms. The van der Waals surface area contributed by atoms with Crippen LogP contribution in [0.2, 0.25) is 0 Å². The Morgan fingerprint density at radius 1 is 1.58 bits per heavy atom. The smallest absolute Gasteiger partial charge is 0.254 e. The number of rotatable bonds is 4. The molecule has 2 heterocycles. The molecule has 1 amide bonds. The third kappa shape index (κ3) is 3.23. The molecule has 0 aliphatic carbocycles. The van der Waals surface area contributed by atoms with Crippen LogP contribution in [0.25, 0.3) is 0 Å². The second-order valence-electron chi connectivity index (χ2n) is 5.08. The van der Waals surface area contributed by atoms with E-state index in [1.54, 1.807) is 12.1 Å². The summed E-state index contributed by atoms with van der Waals surface area (Å²) in [6.07, 6.45) is 3.65. The van der Waals surface area contributed by atoms with Crippen LogP contribution in [-0.2, 0) is 0 Å². The van der Waals surface area contributed by atoms with Crippen LogP contribution in [0.15, 0.2) is 12.1 Å². The minimum atomic E-state index is 0.0256. The number of nitrogens with zero attached hydrogens (tertiary/aromatic N) is 2. The number of carbonyl (C=O) groups excluding carboxylic acids is 1. The van der Waals surface area contributed by atoms with Gasteiger partial charge in [0.25, 0.3) is 5.91 Å². The molecule has 1 aliphatic heterocycles. The number of aromatic nitrogens is 1. The van der Waals surface area contributed by atoms with Crippen molar-refractivity contribution in [2.75, 3.05) is 18.9 Å². The van der Waals surface area contributed by atoms with Gasteiger partial charge in [0.2, 0.25) is 0 Å². The summed E-state index contributed by atoms with van der Waals surface area (Å²) in [5.74, 6) is 0.409. The normalized spacial score (nSPS) is 18.8. The van der Waals surface area contributed by atoms with Gasteiger partial charge in [0.15, 0.2) is 0 Å². The molecular weight excluding hydrogens is 242 g/mol. The predicted octanol–water partition coefficient (Wildman–Crippen LogP) is 1.35. The third-order valence-electron chi connectivity index (χ3n) is 3.55. The molecule has 1 saturated heterocycles. The maximum Gasteiger partial charge on any atom is 0.254 e. The van der Waals surface area contributed by atoms with Crippen LogP contribution in [0.4, 0.5) is 5.82 Å². The van der Waals surface area contributed by atoms with E-state index in [1.807, 2.05) is 11.8 Å². The molecule has 1 aromatic rings. The van der Waals surface area contributed by atoms with E-state index in [1.165, 1.54) is 0 Å². The van der Waals surface area contributed by atoms with E-state index >= 15 is 0 Å². The highest BCUT2D eigenvalue weighted by Gasteiger charge is 2.29. The molecule has 0 saturated carbocycles. The largest absolute Gasteiger partial charge is 0.396 e. The number of likely N-dealkylation sites (tertiary alicyclic amines) is 1. The monoisotopic (exact) mass is 263 g/mol. The van der Waals surface area contributed by atoms with Crippen LogP contribution in [0.5, 0.6) is 0 Å². The van der Waals surface area contributed by atoms with Gasteiger partial charge in [-0.3, -0.25) is 4.79 Å². The lowest BCUT2D eigenvalue weighted by atomic mass is 10.1. The Balaban J connectivity index is 2.13. The van der Waals surface area contributed by atoms with Crippen molar-refractivity contribution in [2.45, 2.75) is 38.6 Å². The number of anilines is 1. The molecule has 1 fully saturated rings. The number of aliphatic hydroxyl groups excluding tert-OH is 1. The lowest BCUT2D eigenvalue weighted by Gasteiger charge is -2.24. The van der Waals surface area contributed by atoms with E-state index in [0.29, 0.717) is 11.4 Å². The molecule has 0 aromatic carbocycles. The number of aliphatic hydroxyl groups is 1. The SMILES string of the molecule is Cc1cc(C(=O)N2CCCC2CCCO)cc(N)n1. The van der Waals surface area contributed by atoms with Crippen molar-refractivity contribution in [1.29, 1.82) is 0 Å². The Kier molecular flexibility index (Phi) is 4.37. The minimum absolute atomic E-state index is 0.0256. The number of pyridine rings is 1. The molecule has 1 aliphatic rings. The molecule has 0 spiro atoms. The number of nitrogen functional groups attached to an aromatic ring is 1. The van der Waals surface area contributed by atoms with Gasteiger partial charge in [0.05, 0.1) is 0 Å². The van der Waals surface area contributed by atoms with Gasteiger partial charge >= 0.3 is 0 Å².